The number of nitrogens with one attached hydrogen (secondary N) is 2. The van der Waals surface area contributed by atoms with Gasteiger partial charge in [-0.2, -0.15) is 0 Å². The minimum atomic E-state index is 0.0248. The van der Waals surface area contributed by atoms with Crippen molar-refractivity contribution in [2.75, 3.05) is 25.0 Å². The van der Waals surface area contributed by atoms with Crippen LogP contribution in [-0.2, 0) is 11.3 Å². The Morgan fingerprint density at radius 1 is 1.53 bits per heavy atom. The van der Waals surface area contributed by atoms with Gasteiger partial charge in [0, 0.05) is 37.9 Å². The number of pyridine rings is 1. The van der Waals surface area contributed by atoms with E-state index < -0.39 is 0 Å². The van der Waals surface area contributed by atoms with Gasteiger partial charge in [-0.25, -0.2) is 4.98 Å². The number of hydrogen-bond acceptors (Lipinski definition) is 4. The molecular weight excluding hydrogens is 240 g/mol. The summed E-state index contributed by atoms with van der Waals surface area (Å²) in [6.07, 6.45) is 4.30. The van der Waals surface area contributed by atoms with Crippen molar-refractivity contribution in [1.29, 1.82) is 0 Å². The summed E-state index contributed by atoms with van der Waals surface area (Å²) in [5, 5.41) is 6.28. The fourth-order valence-electron chi connectivity index (χ4n) is 2.00. The van der Waals surface area contributed by atoms with Crippen LogP contribution in [0.3, 0.4) is 0 Å². The van der Waals surface area contributed by atoms with E-state index in [2.05, 4.69) is 21.7 Å². The normalized spacial score (nSPS) is 14.2. The molecule has 1 aliphatic carbocycles. The van der Waals surface area contributed by atoms with Gasteiger partial charge in [0.25, 0.3) is 0 Å². The summed E-state index contributed by atoms with van der Waals surface area (Å²) < 4.78 is 0. The van der Waals surface area contributed by atoms with Crippen LogP contribution in [-0.4, -0.2) is 37.1 Å². The van der Waals surface area contributed by atoms with Gasteiger partial charge in [-0.05, 0) is 25.8 Å². The number of amides is 1. The minimum absolute atomic E-state index is 0.0248. The Balaban J connectivity index is 1.98. The molecule has 0 bridgehead atoms. The highest BCUT2D eigenvalue weighted by Gasteiger charge is 2.21. The number of carbonyl (C=O) groups is 1. The summed E-state index contributed by atoms with van der Waals surface area (Å²) >= 11 is 0. The summed E-state index contributed by atoms with van der Waals surface area (Å²) in [7, 11) is 1.90. The van der Waals surface area contributed by atoms with Crippen molar-refractivity contribution in [2.45, 2.75) is 32.4 Å². The lowest BCUT2D eigenvalue weighted by molar-refractivity contribution is -0.119. The lowest BCUT2D eigenvalue weighted by Crippen LogP contribution is -2.36. The van der Waals surface area contributed by atoms with Gasteiger partial charge in [0.1, 0.15) is 5.82 Å². The summed E-state index contributed by atoms with van der Waals surface area (Å²) in [6, 6.07) is 4.67. The van der Waals surface area contributed by atoms with Crippen molar-refractivity contribution in [3.8, 4) is 0 Å². The second-order valence-corrected chi connectivity index (χ2v) is 4.95. The molecule has 0 atom stereocenters. The zero-order chi connectivity index (χ0) is 13.7. The maximum atomic E-state index is 11.6. The van der Waals surface area contributed by atoms with Gasteiger partial charge in [0.05, 0.1) is 6.54 Å². The van der Waals surface area contributed by atoms with Gasteiger partial charge < -0.3 is 15.5 Å². The van der Waals surface area contributed by atoms with Crippen molar-refractivity contribution in [3.63, 3.8) is 0 Å². The molecule has 5 heteroatoms. The summed E-state index contributed by atoms with van der Waals surface area (Å²) in [5.41, 5.74) is 1.14. The molecule has 0 aromatic carbocycles. The van der Waals surface area contributed by atoms with E-state index in [0.29, 0.717) is 19.1 Å². The number of anilines is 1. The zero-order valence-corrected chi connectivity index (χ0v) is 11.6. The molecule has 1 aromatic heterocycles. The van der Waals surface area contributed by atoms with Gasteiger partial charge in [-0.3, -0.25) is 4.79 Å². The van der Waals surface area contributed by atoms with Crippen LogP contribution in [0.2, 0.25) is 0 Å². The average Bonchev–Trinajstić information content (AvgIpc) is 3.21. The average molecular weight is 262 g/mol. The van der Waals surface area contributed by atoms with E-state index in [1.165, 1.54) is 12.8 Å². The smallest absolute Gasteiger partial charge is 0.239 e. The standard InChI is InChI=1S/C14H22N4O/c1-3-15-13(19)10-18(2)14-11(5-4-8-16-14)9-17-12-6-7-12/h4-5,8,12,17H,3,6-7,9-10H2,1-2H3,(H,15,19). The first kappa shape index (κ1) is 13.8. The molecule has 104 valence electrons. The van der Waals surface area contributed by atoms with Crippen molar-refractivity contribution in [1.82, 2.24) is 15.6 Å². The maximum absolute atomic E-state index is 11.6. The fourth-order valence-corrected chi connectivity index (χ4v) is 2.00. The third kappa shape index (κ3) is 4.21. The molecule has 0 aliphatic heterocycles. The molecule has 19 heavy (non-hydrogen) atoms. The highest BCUT2D eigenvalue weighted by molar-refractivity contribution is 5.81. The quantitative estimate of drug-likeness (QED) is 0.767. The molecule has 0 spiro atoms. The second kappa shape index (κ2) is 6.52. The Bertz CT molecular complexity index is 431. The molecule has 2 rings (SSSR count). The number of hydrogen-bond donors (Lipinski definition) is 2. The van der Waals surface area contributed by atoms with E-state index in [1.54, 1.807) is 6.20 Å². The summed E-state index contributed by atoms with van der Waals surface area (Å²) in [5.74, 6) is 0.902. The lowest BCUT2D eigenvalue weighted by Gasteiger charge is -2.20. The fraction of sp³-hybridized carbons (Fsp3) is 0.571. The maximum Gasteiger partial charge on any atom is 0.239 e. The molecule has 1 aliphatic rings. The van der Waals surface area contributed by atoms with Crippen molar-refractivity contribution < 1.29 is 4.79 Å². The summed E-state index contributed by atoms with van der Waals surface area (Å²) in [4.78, 5) is 17.9. The third-order valence-electron chi connectivity index (χ3n) is 3.14. The molecule has 1 aromatic rings. The minimum Gasteiger partial charge on any atom is -0.355 e. The van der Waals surface area contributed by atoms with Crippen LogP contribution in [0.1, 0.15) is 25.3 Å². The SMILES string of the molecule is CCNC(=O)CN(C)c1ncccc1CNC1CC1. The van der Waals surface area contributed by atoms with Crippen LogP contribution in [0, 0.1) is 0 Å². The first-order chi connectivity index (χ1) is 9.20. The molecule has 1 fully saturated rings. The Morgan fingerprint density at radius 2 is 2.32 bits per heavy atom. The van der Waals surface area contributed by atoms with Crippen LogP contribution >= 0.6 is 0 Å². The van der Waals surface area contributed by atoms with Gasteiger partial charge in [-0.15, -0.1) is 0 Å². The van der Waals surface area contributed by atoms with E-state index in [0.717, 1.165) is 17.9 Å². The Morgan fingerprint density at radius 3 is 3.00 bits per heavy atom. The predicted octanol–water partition coefficient (Wildman–Crippen LogP) is 0.906. The summed E-state index contributed by atoms with van der Waals surface area (Å²) in [6.45, 7) is 3.73. The molecule has 1 saturated carbocycles. The Kier molecular flexibility index (Phi) is 4.74. The number of nitrogens with zero attached hydrogens (tertiary/aromatic N) is 2. The molecule has 0 unspecified atom stereocenters. The van der Waals surface area contributed by atoms with Crippen LogP contribution in [0.15, 0.2) is 18.3 Å². The van der Waals surface area contributed by atoms with E-state index in [-0.39, 0.29) is 5.91 Å². The van der Waals surface area contributed by atoms with Crippen LogP contribution in [0.4, 0.5) is 5.82 Å². The van der Waals surface area contributed by atoms with Crippen molar-refractivity contribution in [3.05, 3.63) is 23.9 Å². The number of carbonyl (C=O) groups excluding carboxylic acids is 1. The zero-order valence-electron chi connectivity index (χ0n) is 11.6. The van der Waals surface area contributed by atoms with Crippen LogP contribution in [0.25, 0.3) is 0 Å². The second-order valence-electron chi connectivity index (χ2n) is 4.95. The highest BCUT2D eigenvalue weighted by atomic mass is 16.2. The molecule has 0 radical (unpaired) electrons. The Hall–Kier alpha value is -1.62. The number of likely N-dealkylation sites (N-methyl/N-ethyl adjacent to an activating group) is 2. The van der Waals surface area contributed by atoms with E-state index in [4.69, 9.17) is 0 Å². The first-order valence-electron chi connectivity index (χ1n) is 6.85. The molecular formula is C14H22N4O. The van der Waals surface area contributed by atoms with Gasteiger partial charge in [0.15, 0.2) is 0 Å². The molecule has 2 N–H and O–H groups in total. The van der Waals surface area contributed by atoms with E-state index in [1.807, 2.05) is 24.9 Å². The first-order valence-corrected chi connectivity index (χ1v) is 6.85. The van der Waals surface area contributed by atoms with Crippen molar-refractivity contribution in [2.24, 2.45) is 0 Å². The third-order valence-corrected chi connectivity index (χ3v) is 3.14. The number of aromatic nitrogens is 1. The van der Waals surface area contributed by atoms with Gasteiger partial charge in [0.2, 0.25) is 5.91 Å². The van der Waals surface area contributed by atoms with Crippen LogP contribution in [0.5, 0.6) is 0 Å². The number of rotatable bonds is 7. The largest absolute Gasteiger partial charge is 0.355 e. The van der Waals surface area contributed by atoms with Gasteiger partial charge in [-0.1, -0.05) is 6.07 Å². The molecule has 1 amide bonds. The topological polar surface area (TPSA) is 57.3 Å². The Labute approximate surface area is 114 Å². The van der Waals surface area contributed by atoms with Crippen molar-refractivity contribution >= 4 is 11.7 Å². The monoisotopic (exact) mass is 262 g/mol. The molecule has 5 nitrogen and oxygen atoms in total. The highest BCUT2D eigenvalue weighted by Crippen LogP contribution is 2.21. The predicted molar refractivity (Wildman–Crippen MR) is 76.1 cm³/mol. The molecule has 0 saturated heterocycles. The lowest BCUT2D eigenvalue weighted by atomic mass is 10.2. The molecule has 1 heterocycles. The van der Waals surface area contributed by atoms with E-state index in [9.17, 15) is 4.79 Å². The van der Waals surface area contributed by atoms with E-state index >= 15 is 0 Å². The van der Waals surface area contributed by atoms with Crippen LogP contribution < -0.4 is 15.5 Å². The van der Waals surface area contributed by atoms with Gasteiger partial charge >= 0.3 is 0 Å².